The lowest BCUT2D eigenvalue weighted by Crippen LogP contribution is -2.46. The van der Waals surface area contributed by atoms with Crippen LogP contribution in [-0.4, -0.2) is 38.2 Å². The summed E-state index contributed by atoms with van der Waals surface area (Å²) in [6, 6.07) is 7.53. The molecule has 0 bridgehead atoms. The van der Waals surface area contributed by atoms with E-state index in [0.717, 1.165) is 40.8 Å². The zero-order valence-corrected chi connectivity index (χ0v) is 17.4. The summed E-state index contributed by atoms with van der Waals surface area (Å²) in [7, 11) is 0. The Kier molecular flexibility index (Phi) is 5.15. The number of nitrogens with one attached hydrogen (secondary N) is 2. The third kappa shape index (κ3) is 3.85. The predicted octanol–water partition coefficient (Wildman–Crippen LogP) is 3.10. The number of anilines is 2. The van der Waals surface area contributed by atoms with Gasteiger partial charge in [-0.15, -0.1) is 0 Å². The standard InChI is InChI=1S/C22H26N6O2/c1-12-4-7-19(15-5-6-17-18(9-15)26-14(3)25-17)28(11-12)22(30)21(29)27-16-8-13(2)20(23)24-10-16/h5-6,8-10,12,19H,4,7,11H2,1-3H3,(H2,23,24)(H,25,26)(H,27,29)/t12-,19+/m0/s1. The van der Waals surface area contributed by atoms with Crippen molar-refractivity contribution in [2.75, 3.05) is 17.6 Å². The van der Waals surface area contributed by atoms with Crippen molar-refractivity contribution >= 4 is 34.4 Å². The van der Waals surface area contributed by atoms with E-state index in [9.17, 15) is 9.59 Å². The average molecular weight is 406 g/mol. The van der Waals surface area contributed by atoms with Gasteiger partial charge in [0.15, 0.2) is 0 Å². The summed E-state index contributed by atoms with van der Waals surface area (Å²) in [6.45, 7) is 6.35. The molecular weight excluding hydrogens is 380 g/mol. The summed E-state index contributed by atoms with van der Waals surface area (Å²) in [5, 5.41) is 2.66. The molecule has 3 heterocycles. The number of aromatic nitrogens is 3. The van der Waals surface area contributed by atoms with Crippen LogP contribution in [0.4, 0.5) is 11.5 Å². The summed E-state index contributed by atoms with van der Waals surface area (Å²) in [4.78, 5) is 39.2. The van der Waals surface area contributed by atoms with Crippen LogP contribution in [0.15, 0.2) is 30.5 Å². The van der Waals surface area contributed by atoms with Crippen molar-refractivity contribution in [3.8, 4) is 0 Å². The van der Waals surface area contributed by atoms with E-state index < -0.39 is 11.8 Å². The predicted molar refractivity (Wildman–Crippen MR) is 116 cm³/mol. The number of nitrogens with two attached hydrogens (primary N) is 1. The molecule has 0 unspecified atom stereocenters. The summed E-state index contributed by atoms with van der Waals surface area (Å²) in [5.74, 6) is 0.366. The van der Waals surface area contributed by atoms with Crippen LogP contribution in [0.2, 0.25) is 0 Å². The summed E-state index contributed by atoms with van der Waals surface area (Å²) in [5.41, 5.74) is 9.76. The fourth-order valence-electron chi connectivity index (χ4n) is 4.05. The highest BCUT2D eigenvalue weighted by atomic mass is 16.2. The fraction of sp³-hybridized carbons (Fsp3) is 0.364. The number of piperidine rings is 1. The van der Waals surface area contributed by atoms with E-state index >= 15 is 0 Å². The van der Waals surface area contributed by atoms with Crippen LogP contribution < -0.4 is 11.1 Å². The minimum Gasteiger partial charge on any atom is -0.383 e. The Morgan fingerprint density at radius 2 is 2.03 bits per heavy atom. The molecule has 4 N–H and O–H groups in total. The molecule has 2 amide bonds. The number of pyridine rings is 1. The van der Waals surface area contributed by atoms with Gasteiger partial charge in [0.1, 0.15) is 11.6 Å². The van der Waals surface area contributed by atoms with Crippen molar-refractivity contribution in [3.63, 3.8) is 0 Å². The highest BCUT2D eigenvalue weighted by molar-refractivity contribution is 6.39. The molecule has 30 heavy (non-hydrogen) atoms. The van der Waals surface area contributed by atoms with Crippen LogP contribution in [0.1, 0.15) is 42.8 Å². The summed E-state index contributed by atoms with van der Waals surface area (Å²) < 4.78 is 0. The largest absolute Gasteiger partial charge is 0.383 e. The minimum absolute atomic E-state index is 0.154. The molecule has 1 aliphatic heterocycles. The van der Waals surface area contributed by atoms with Crippen molar-refractivity contribution in [1.82, 2.24) is 19.9 Å². The van der Waals surface area contributed by atoms with Crippen molar-refractivity contribution < 1.29 is 9.59 Å². The number of aromatic amines is 1. The van der Waals surface area contributed by atoms with Crippen LogP contribution in [0.3, 0.4) is 0 Å². The van der Waals surface area contributed by atoms with Gasteiger partial charge < -0.3 is 20.9 Å². The maximum atomic E-state index is 13.1. The second-order valence-electron chi connectivity index (χ2n) is 8.13. The molecule has 0 spiro atoms. The number of aryl methyl sites for hydroxylation is 2. The van der Waals surface area contributed by atoms with E-state index in [2.05, 4.69) is 27.2 Å². The number of hydrogen-bond donors (Lipinski definition) is 3. The number of rotatable bonds is 2. The van der Waals surface area contributed by atoms with Gasteiger partial charge in [-0.05, 0) is 61.9 Å². The van der Waals surface area contributed by atoms with Gasteiger partial charge in [-0.1, -0.05) is 13.0 Å². The van der Waals surface area contributed by atoms with Crippen LogP contribution in [0, 0.1) is 19.8 Å². The van der Waals surface area contributed by atoms with Crippen molar-refractivity contribution in [2.24, 2.45) is 5.92 Å². The number of hydrogen-bond acceptors (Lipinski definition) is 5. The number of H-pyrrole nitrogens is 1. The van der Waals surface area contributed by atoms with Crippen molar-refractivity contribution in [2.45, 2.75) is 39.7 Å². The van der Waals surface area contributed by atoms with Gasteiger partial charge in [0.25, 0.3) is 0 Å². The normalized spacial score (nSPS) is 19.1. The Balaban J connectivity index is 1.58. The van der Waals surface area contributed by atoms with Gasteiger partial charge in [-0.3, -0.25) is 9.59 Å². The van der Waals surface area contributed by atoms with E-state index in [-0.39, 0.29) is 6.04 Å². The molecule has 1 fully saturated rings. The van der Waals surface area contributed by atoms with Crippen molar-refractivity contribution in [3.05, 3.63) is 47.4 Å². The molecule has 0 radical (unpaired) electrons. The molecule has 1 aromatic carbocycles. The first kappa shape index (κ1) is 19.9. The average Bonchev–Trinajstić information content (AvgIpc) is 3.09. The number of fused-ring (bicyclic) bond motifs is 1. The summed E-state index contributed by atoms with van der Waals surface area (Å²) in [6.07, 6.45) is 3.26. The van der Waals surface area contributed by atoms with E-state index in [0.29, 0.717) is 24.0 Å². The number of amides is 2. The molecule has 2 atom stereocenters. The van der Waals surface area contributed by atoms with E-state index in [1.54, 1.807) is 17.9 Å². The SMILES string of the molecule is Cc1nc2ccc([C@H]3CC[C@H](C)CN3C(=O)C(=O)Nc3cnc(N)c(C)c3)cc2[nH]1. The minimum atomic E-state index is -0.668. The number of nitrogen functional groups attached to an aromatic ring is 1. The Hall–Kier alpha value is -3.42. The molecule has 1 saturated heterocycles. The maximum absolute atomic E-state index is 13.1. The topological polar surface area (TPSA) is 117 Å². The van der Waals surface area contributed by atoms with Gasteiger partial charge in [0.2, 0.25) is 0 Å². The Bertz CT molecular complexity index is 1120. The van der Waals surface area contributed by atoms with Crippen LogP contribution >= 0.6 is 0 Å². The number of benzene rings is 1. The molecule has 8 heteroatoms. The van der Waals surface area contributed by atoms with Gasteiger partial charge in [0.05, 0.1) is 29.0 Å². The van der Waals surface area contributed by atoms with E-state index in [1.807, 2.05) is 25.1 Å². The lowest BCUT2D eigenvalue weighted by molar-refractivity contribution is -0.146. The highest BCUT2D eigenvalue weighted by Crippen LogP contribution is 2.34. The number of carbonyl (C=O) groups is 2. The molecule has 8 nitrogen and oxygen atoms in total. The molecule has 1 aliphatic rings. The lowest BCUT2D eigenvalue weighted by Gasteiger charge is -2.38. The Labute approximate surface area is 174 Å². The zero-order valence-electron chi connectivity index (χ0n) is 17.4. The quantitative estimate of drug-likeness (QED) is 0.565. The molecule has 0 aliphatic carbocycles. The smallest absolute Gasteiger partial charge is 0.313 e. The van der Waals surface area contributed by atoms with Gasteiger partial charge in [-0.2, -0.15) is 0 Å². The maximum Gasteiger partial charge on any atom is 0.313 e. The lowest BCUT2D eigenvalue weighted by atomic mass is 9.89. The molecule has 2 aromatic heterocycles. The summed E-state index contributed by atoms with van der Waals surface area (Å²) >= 11 is 0. The second-order valence-corrected chi connectivity index (χ2v) is 8.13. The number of carbonyl (C=O) groups excluding carboxylic acids is 2. The molecule has 4 rings (SSSR count). The van der Waals surface area contributed by atoms with Gasteiger partial charge in [-0.25, -0.2) is 9.97 Å². The van der Waals surface area contributed by atoms with Crippen LogP contribution in [0.25, 0.3) is 11.0 Å². The van der Waals surface area contributed by atoms with E-state index in [1.165, 1.54) is 6.20 Å². The molecule has 3 aromatic rings. The third-order valence-corrected chi connectivity index (χ3v) is 5.66. The first-order valence-electron chi connectivity index (χ1n) is 10.1. The Morgan fingerprint density at radius 3 is 2.80 bits per heavy atom. The number of imidazole rings is 1. The van der Waals surface area contributed by atoms with Crippen LogP contribution in [-0.2, 0) is 9.59 Å². The third-order valence-electron chi connectivity index (χ3n) is 5.66. The monoisotopic (exact) mass is 406 g/mol. The second kappa shape index (κ2) is 7.78. The molecule has 0 saturated carbocycles. The van der Waals surface area contributed by atoms with E-state index in [4.69, 9.17) is 5.73 Å². The van der Waals surface area contributed by atoms with Gasteiger partial charge in [0, 0.05) is 6.54 Å². The Morgan fingerprint density at radius 1 is 1.23 bits per heavy atom. The first-order valence-corrected chi connectivity index (χ1v) is 10.1. The molecular formula is C22H26N6O2. The highest BCUT2D eigenvalue weighted by Gasteiger charge is 2.34. The molecule has 156 valence electrons. The number of likely N-dealkylation sites (tertiary alicyclic amines) is 1. The first-order chi connectivity index (χ1) is 14.3. The van der Waals surface area contributed by atoms with Gasteiger partial charge >= 0.3 is 11.8 Å². The zero-order chi connectivity index (χ0) is 21.4. The number of nitrogens with zero attached hydrogens (tertiary/aromatic N) is 3. The fourth-order valence-corrected chi connectivity index (χ4v) is 4.05. The van der Waals surface area contributed by atoms with Crippen LogP contribution in [0.5, 0.6) is 0 Å². The van der Waals surface area contributed by atoms with Crippen molar-refractivity contribution in [1.29, 1.82) is 0 Å².